The van der Waals surface area contributed by atoms with Crippen LogP contribution in [0.4, 0.5) is 0 Å². The van der Waals surface area contributed by atoms with Gasteiger partial charge >= 0.3 is 0 Å². The van der Waals surface area contributed by atoms with Gasteiger partial charge in [0.15, 0.2) is 5.65 Å². The Labute approximate surface area is 208 Å². The van der Waals surface area contributed by atoms with E-state index in [1.165, 1.54) is 0 Å². The zero-order chi connectivity index (χ0) is 24.2. The van der Waals surface area contributed by atoms with Gasteiger partial charge in [0, 0.05) is 48.4 Å². The minimum Gasteiger partial charge on any atom is -0.497 e. The Kier molecular flexibility index (Phi) is 6.94. The number of methoxy groups -OCH3 is 1. The minimum atomic E-state index is -0.203. The summed E-state index contributed by atoms with van der Waals surface area (Å²) < 4.78 is 12.3. The van der Waals surface area contributed by atoms with Crippen LogP contribution in [0.3, 0.4) is 0 Å². The van der Waals surface area contributed by atoms with Gasteiger partial charge in [-0.25, -0.2) is 9.50 Å². The summed E-state index contributed by atoms with van der Waals surface area (Å²) in [5.74, 6) is 0.552. The number of carbonyl (C=O) groups is 1. The van der Waals surface area contributed by atoms with Crippen LogP contribution in [0.1, 0.15) is 10.5 Å². The smallest absolute Gasteiger partial charge is 0.270 e. The van der Waals surface area contributed by atoms with Crippen LogP contribution in [0.15, 0.2) is 60.7 Å². The molecule has 2 aromatic carbocycles. The first kappa shape index (κ1) is 23.3. The van der Waals surface area contributed by atoms with Gasteiger partial charge < -0.3 is 14.8 Å². The quantitative estimate of drug-likeness (QED) is 0.423. The van der Waals surface area contributed by atoms with Gasteiger partial charge in [0.05, 0.1) is 31.7 Å². The molecule has 0 aliphatic carbocycles. The zero-order valence-electron chi connectivity index (χ0n) is 19.4. The number of rotatable bonds is 7. The Bertz CT molecular complexity index is 1320. The maximum atomic E-state index is 13.3. The van der Waals surface area contributed by atoms with Crippen LogP contribution < -0.4 is 10.1 Å². The van der Waals surface area contributed by atoms with Crippen molar-refractivity contribution in [1.82, 2.24) is 24.8 Å². The number of benzene rings is 2. The summed E-state index contributed by atoms with van der Waals surface area (Å²) in [5, 5.41) is 8.39. The number of nitrogens with zero attached hydrogens (tertiary/aromatic N) is 4. The summed E-state index contributed by atoms with van der Waals surface area (Å²) in [7, 11) is 1.63. The van der Waals surface area contributed by atoms with Crippen molar-refractivity contribution in [2.75, 3.05) is 46.5 Å². The second-order valence-corrected chi connectivity index (χ2v) is 8.71. The SMILES string of the molecule is COc1ccc(-c2cc(C(=O)NCCN3CCOCC3)n3nc(-c4ccc(Cl)cc4)cc3n2)cc1. The average molecular weight is 492 g/mol. The summed E-state index contributed by atoms with van der Waals surface area (Å²) in [6, 6.07) is 18.7. The number of hydrogen-bond donors (Lipinski definition) is 1. The number of morpholine rings is 1. The molecule has 1 N–H and O–H groups in total. The molecule has 0 radical (unpaired) electrons. The Morgan fingerprint density at radius 3 is 2.43 bits per heavy atom. The van der Waals surface area contributed by atoms with E-state index in [9.17, 15) is 4.79 Å². The number of carbonyl (C=O) groups excluding carboxylic acids is 1. The largest absolute Gasteiger partial charge is 0.497 e. The standard InChI is InChI=1S/C26H26ClN5O3/c1-34-21-8-4-18(5-9-21)22-16-24(26(33)28-10-11-31-12-14-35-15-13-31)32-25(29-22)17-23(30-32)19-2-6-20(27)7-3-19/h2-9,16-17H,10-15H2,1H3,(H,28,33). The molecule has 1 aliphatic heterocycles. The van der Waals surface area contributed by atoms with E-state index in [1.807, 2.05) is 54.6 Å². The Morgan fingerprint density at radius 1 is 1.03 bits per heavy atom. The first-order valence-electron chi connectivity index (χ1n) is 11.5. The van der Waals surface area contributed by atoms with Gasteiger partial charge in [-0.05, 0) is 42.5 Å². The molecule has 1 aliphatic rings. The summed E-state index contributed by atoms with van der Waals surface area (Å²) in [6.07, 6.45) is 0. The second-order valence-electron chi connectivity index (χ2n) is 8.27. The maximum absolute atomic E-state index is 13.3. The fraction of sp³-hybridized carbons (Fsp3) is 0.269. The van der Waals surface area contributed by atoms with Crippen molar-refractivity contribution in [3.8, 4) is 28.3 Å². The van der Waals surface area contributed by atoms with Crippen molar-refractivity contribution >= 4 is 23.2 Å². The minimum absolute atomic E-state index is 0.203. The lowest BCUT2D eigenvalue weighted by Crippen LogP contribution is -2.41. The lowest BCUT2D eigenvalue weighted by atomic mass is 10.1. The summed E-state index contributed by atoms with van der Waals surface area (Å²) >= 11 is 6.05. The average Bonchev–Trinajstić information content (AvgIpc) is 3.33. The van der Waals surface area contributed by atoms with Crippen molar-refractivity contribution < 1.29 is 14.3 Å². The monoisotopic (exact) mass is 491 g/mol. The summed E-state index contributed by atoms with van der Waals surface area (Å²) in [5.41, 5.74) is 4.17. The number of nitrogens with one attached hydrogen (secondary N) is 1. The first-order chi connectivity index (χ1) is 17.1. The fourth-order valence-electron chi connectivity index (χ4n) is 4.05. The molecule has 2 aromatic heterocycles. The van der Waals surface area contributed by atoms with Gasteiger partial charge in [0.1, 0.15) is 11.4 Å². The van der Waals surface area contributed by atoms with E-state index in [-0.39, 0.29) is 5.91 Å². The highest BCUT2D eigenvalue weighted by Crippen LogP contribution is 2.26. The number of aromatic nitrogens is 3. The third-order valence-electron chi connectivity index (χ3n) is 6.00. The molecule has 0 atom stereocenters. The van der Waals surface area contributed by atoms with E-state index in [0.717, 1.165) is 49.7 Å². The lowest BCUT2D eigenvalue weighted by molar-refractivity contribution is 0.0383. The number of amides is 1. The fourth-order valence-corrected chi connectivity index (χ4v) is 4.18. The summed E-state index contributed by atoms with van der Waals surface area (Å²) in [6.45, 7) is 4.51. The molecule has 1 amide bonds. The van der Waals surface area contributed by atoms with E-state index in [0.29, 0.717) is 34.3 Å². The molecule has 1 fully saturated rings. The van der Waals surface area contributed by atoms with Crippen LogP contribution in [0, 0.1) is 0 Å². The van der Waals surface area contributed by atoms with Gasteiger partial charge in [-0.1, -0.05) is 23.7 Å². The summed E-state index contributed by atoms with van der Waals surface area (Å²) in [4.78, 5) is 20.4. The van der Waals surface area contributed by atoms with Crippen molar-refractivity contribution in [2.45, 2.75) is 0 Å². The molecule has 35 heavy (non-hydrogen) atoms. The zero-order valence-corrected chi connectivity index (χ0v) is 20.2. The van der Waals surface area contributed by atoms with Crippen molar-refractivity contribution in [2.24, 2.45) is 0 Å². The molecule has 5 rings (SSSR count). The van der Waals surface area contributed by atoms with E-state index < -0.39 is 0 Å². The Balaban J connectivity index is 1.48. The van der Waals surface area contributed by atoms with Crippen molar-refractivity contribution in [3.05, 3.63) is 71.4 Å². The molecule has 9 heteroatoms. The van der Waals surface area contributed by atoms with E-state index in [2.05, 4.69) is 10.2 Å². The molecular formula is C26H26ClN5O3. The van der Waals surface area contributed by atoms with Gasteiger partial charge in [0.25, 0.3) is 5.91 Å². The van der Waals surface area contributed by atoms with Crippen LogP contribution >= 0.6 is 11.6 Å². The highest BCUT2D eigenvalue weighted by Gasteiger charge is 2.18. The van der Waals surface area contributed by atoms with Crippen LogP contribution in [0.25, 0.3) is 28.2 Å². The lowest BCUT2D eigenvalue weighted by Gasteiger charge is -2.26. The maximum Gasteiger partial charge on any atom is 0.270 e. The molecule has 0 unspecified atom stereocenters. The Hall–Kier alpha value is -3.46. The van der Waals surface area contributed by atoms with Gasteiger partial charge in [-0.15, -0.1) is 0 Å². The third-order valence-corrected chi connectivity index (χ3v) is 6.25. The predicted molar refractivity (Wildman–Crippen MR) is 135 cm³/mol. The molecule has 4 aromatic rings. The molecular weight excluding hydrogens is 466 g/mol. The van der Waals surface area contributed by atoms with Crippen molar-refractivity contribution in [3.63, 3.8) is 0 Å². The van der Waals surface area contributed by atoms with Gasteiger partial charge in [-0.2, -0.15) is 5.10 Å². The first-order valence-corrected chi connectivity index (χ1v) is 11.9. The van der Waals surface area contributed by atoms with E-state index in [1.54, 1.807) is 17.7 Å². The third kappa shape index (κ3) is 5.30. The van der Waals surface area contributed by atoms with Gasteiger partial charge in [0.2, 0.25) is 0 Å². The van der Waals surface area contributed by atoms with Crippen molar-refractivity contribution in [1.29, 1.82) is 0 Å². The van der Waals surface area contributed by atoms with E-state index in [4.69, 9.17) is 31.2 Å². The van der Waals surface area contributed by atoms with Crippen LogP contribution in [-0.4, -0.2) is 71.9 Å². The van der Waals surface area contributed by atoms with Gasteiger partial charge in [-0.3, -0.25) is 9.69 Å². The van der Waals surface area contributed by atoms with Crippen LogP contribution in [0.2, 0.25) is 5.02 Å². The molecule has 0 saturated carbocycles. The molecule has 0 bridgehead atoms. The number of fused-ring (bicyclic) bond motifs is 1. The molecule has 1 saturated heterocycles. The Morgan fingerprint density at radius 2 is 1.71 bits per heavy atom. The number of halogens is 1. The van der Waals surface area contributed by atoms with Crippen LogP contribution in [0.5, 0.6) is 5.75 Å². The molecule has 3 heterocycles. The molecule has 8 nitrogen and oxygen atoms in total. The number of hydrogen-bond acceptors (Lipinski definition) is 6. The van der Waals surface area contributed by atoms with Crippen LogP contribution in [-0.2, 0) is 4.74 Å². The predicted octanol–water partition coefficient (Wildman–Crippen LogP) is 3.79. The van der Waals surface area contributed by atoms with E-state index >= 15 is 0 Å². The number of ether oxygens (including phenoxy) is 2. The second kappa shape index (κ2) is 10.4. The topological polar surface area (TPSA) is 81.0 Å². The highest BCUT2D eigenvalue weighted by molar-refractivity contribution is 6.30. The molecule has 0 spiro atoms. The molecule has 180 valence electrons. The highest BCUT2D eigenvalue weighted by atomic mass is 35.5. The normalized spacial score (nSPS) is 14.2.